The zero-order valence-corrected chi connectivity index (χ0v) is 15.0. The average Bonchev–Trinajstić information content (AvgIpc) is 2.95. The molecule has 3 rings (SSSR count). The maximum Gasteiger partial charge on any atom is 0.433 e. The molecule has 1 unspecified atom stereocenters. The molecule has 0 amide bonds. The molecule has 0 radical (unpaired) electrons. The number of nitrogens with zero attached hydrogens (tertiary/aromatic N) is 4. The SMILES string of the molecule is CC[S+]([O-])c1cc(OC)cnc1-c1nc2cc(C(F)(F)F)ncc2n1C. The summed E-state index contributed by atoms with van der Waals surface area (Å²) in [6.45, 7) is 1.76. The number of aryl methyl sites for hydroxylation is 1. The first-order chi connectivity index (χ1) is 12.3. The lowest BCUT2D eigenvalue weighted by Gasteiger charge is -2.13. The highest BCUT2D eigenvalue weighted by atomic mass is 32.2. The second-order valence-electron chi connectivity index (χ2n) is 5.41. The van der Waals surface area contributed by atoms with Gasteiger partial charge < -0.3 is 13.9 Å². The number of imidazole rings is 1. The molecular formula is C16H15F3N4O2S. The van der Waals surface area contributed by atoms with E-state index in [9.17, 15) is 17.7 Å². The molecule has 1 atom stereocenters. The minimum absolute atomic E-state index is 0.135. The summed E-state index contributed by atoms with van der Waals surface area (Å²) < 4.78 is 57.8. The summed E-state index contributed by atoms with van der Waals surface area (Å²) in [5, 5.41) is 0. The Hall–Kier alpha value is -2.33. The van der Waals surface area contributed by atoms with Crippen molar-refractivity contribution in [1.29, 1.82) is 0 Å². The van der Waals surface area contributed by atoms with Gasteiger partial charge in [-0.3, -0.25) is 0 Å². The number of halogens is 3. The summed E-state index contributed by atoms with van der Waals surface area (Å²) in [4.78, 5) is 12.4. The van der Waals surface area contributed by atoms with Gasteiger partial charge in [-0.05, 0) is 24.2 Å². The van der Waals surface area contributed by atoms with Gasteiger partial charge in [0.05, 0.1) is 30.5 Å². The van der Waals surface area contributed by atoms with E-state index in [2.05, 4.69) is 15.0 Å². The zero-order chi connectivity index (χ0) is 19.1. The molecule has 0 N–H and O–H groups in total. The number of alkyl halides is 3. The van der Waals surface area contributed by atoms with Gasteiger partial charge in [-0.15, -0.1) is 0 Å². The lowest BCUT2D eigenvalue weighted by Crippen LogP contribution is -2.09. The van der Waals surface area contributed by atoms with Gasteiger partial charge in [-0.25, -0.2) is 15.0 Å². The first kappa shape index (κ1) is 18.5. The lowest BCUT2D eigenvalue weighted by atomic mass is 10.3. The maximum absolute atomic E-state index is 12.9. The molecule has 0 aliphatic heterocycles. The number of methoxy groups -OCH3 is 1. The van der Waals surface area contributed by atoms with Crippen molar-refractivity contribution in [2.75, 3.05) is 12.9 Å². The van der Waals surface area contributed by atoms with Crippen LogP contribution in [0, 0.1) is 0 Å². The van der Waals surface area contributed by atoms with Crippen molar-refractivity contribution in [2.45, 2.75) is 18.0 Å². The molecule has 0 aliphatic rings. The summed E-state index contributed by atoms with van der Waals surface area (Å²) >= 11 is -1.35. The Morgan fingerprint density at radius 3 is 2.58 bits per heavy atom. The van der Waals surface area contributed by atoms with Crippen LogP contribution in [-0.4, -0.2) is 36.9 Å². The Kier molecular flexibility index (Phi) is 4.80. The van der Waals surface area contributed by atoms with Gasteiger partial charge >= 0.3 is 6.18 Å². The molecule has 0 saturated heterocycles. The maximum atomic E-state index is 12.9. The van der Waals surface area contributed by atoms with Crippen molar-refractivity contribution >= 4 is 22.2 Å². The van der Waals surface area contributed by atoms with Crippen LogP contribution < -0.4 is 4.74 Å². The summed E-state index contributed by atoms with van der Waals surface area (Å²) in [6.07, 6.45) is -1.99. The van der Waals surface area contributed by atoms with Crippen molar-refractivity contribution < 1.29 is 22.5 Å². The molecular weight excluding hydrogens is 369 g/mol. The second-order valence-corrected chi connectivity index (χ2v) is 7.11. The predicted octanol–water partition coefficient (Wildman–Crippen LogP) is 3.19. The fourth-order valence-electron chi connectivity index (χ4n) is 2.49. The highest BCUT2D eigenvalue weighted by molar-refractivity contribution is 7.91. The highest BCUT2D eigenvalue weighted by Gasteiger charge is 2.33. The van der Waals surface area contributed by atoms with Gasteiger partial charge in [0, 0.05) is 13.1 Å². The molecule has 0 spiro atoms. The molecule has 0 bridgehead atoms. The third-order valence-electron chi connectivity index (χ3n) is 3.84. The van der Waals surface area contributed by atoms with Crippen molar-refractivity contribution in [1.82, 2.24) is 19.5 Å². The molecule has 0 aliphatic carbocycles. The van der Waals surface area contributed by atoms with Gasteiger partial charge in [0.1, 0.15) is 17.2 Å². The number of fused-ring (bicyclic) bond motifs is 1. The van der Waals surface area contributed by atoms with Crippen molar-refractivity contribution in [3.63, 3.8) is 0 Å². The molecule has 0 aromatic carbocycles. The number of ether oxygens (including phenoxy) is 1. The number of hydrogen-bond donors (Lipinski definition) is 0. The van der Waals surface area contributed by atoms with Crippen LogP contribution in [0.5, 0.6) is 5.75 Å². The van der Waals surface area contributed by atoms with Gasteiger partial charge in [-0.1, -0.05) is 0 Å². The van der Waals surface area contributed by atoms with Crippen LogP contribution in [0.1, 0.15) is 12.6 Å². The smallest absolute Gasteiger partial charge is 0.433 e. The Labute approximate surface area is 150 Å². The summed E-state index contributed by atoms with van der Waals surface area (Å²) in [5.74, 6) is 1.09. The Morgan fingerprint density at radius 1 is 1.23 bits per heavy atom. The number of pyridine rings is 2. The molecule has 6 nitrogen and oxygen atoms in total. The topological polar surface area (TPSA) is 75.9 Å². The van der Waals surface area contributed by atoms with Crippen molar-refractivity contribution in [2.24, 2.45) is 7.05 Å². The van der Waals surface area contributed by atoms with E-state index in [4.69, 9.17) is 4.74 Å². The third-order valence-corrected chi connectivity index (χ3v) is 5.17. The molecule has 138 valence electrons. The van der Waals surface area contributed by atoms with Crippen LogP contribution >= 0.6 is 0 Å². The van der Waals surface area contributed by atoms with E-state index in [1.165, 1.54) is 13.3 Å². The molecule has 0 saturated carbocycles. The quantitative estimate of drug-likeness (QED) is 0.646. The normalized spacial score (nSPS) is 13.2. The fraction of sp³-hybridized carbons (Fsp3) is 0.312. The largest absolute Gasteiger partial charge is 0.611 e. The average molecular weight is 384 g/mol. The molecule has 3 heterocycles. The first-order valence-electron chi connectivity index (χ1n) is 7.58. The van der Waals surface area contributed by atoms with E-state index in [1.807, 2.05) is 0 Å². The van der Waals surface area contributed by atoms with E-state index in [1.54, 1.807) is 24.6 Å². The minimum Gasteiger partial charge on any atom is -0.611 e. The molecule has 0 fully saturated rings. The summed E-state index contributed by atoms with van der Waals surface area (Å²) in [5.41, 5.74) is -0.137. The minimum atomic E-state index is -4.56. The zero-order valence-electron chi connectivity index (χ0n) is 14.2. The van der Waals surface area contributed by atoms with Gasteiger partial charge in [0.25, 0.3) is 0 Å². The lowest BCUT2D eigenvalue weighted by molar-refractivity contribution is -0.141. The second kappa shape index (κ2) is 6.76. The molecule has 3 aromatic rings. The predicted molar refractivity (Wildman–Crippen MR) is 90.2 cm³/mol. The van der Waals surface area contributed by atoms with Crippen LogP contribution in [0.2, 0.25) is 0 Å². The molecule has 10 heteroatoms. The standard InChI is InChI=1S/C16H15F3N4O2S/c1-4-26(24)12-5-9(25-3)7-21-14(12)15-22-10-6-13(16(17,18)19)20-8-11(10)23(15)2/h5-8H,4H2,1-3H3. The number of rotatable bonds is 4. The van der Waals surface area contributed by atoms with E-state index in [-0.39, 0.29) is 5.52 Å². The van der Waals surface area contributed by atoms with Gasteiger partial charge in [0.2, 0.25) is 0 Å². The monoisotopic (exact) mass is 384 g/mol. The van der Waals surface area contributed by atoms with Crippen LogP contribution in [-0.2, 0) is 24.4 Å². The van der Waals surface area contributed by atoms with Gasteiger partial charge in [0.15, 0.2) is 16.4 Å². The van der Waals surface area contributed by atoms with Gasteiger partial charge in [-0.2, -0.15) is 13.2 Å². The summed E-state index contributed by atoms with van der Waals surface area (Å²) in [6, 6.07) is 2.49. The van der Waals surface area contributed by atoms with E-state index in [0.29, 0.717) is 33.4 Å². The first-order valence-corrected chi connectivity index (χ1v) is 8.90. The van der Waals surface area contributed by atoms with Crippen LogP contribution in [0.15, 0.2) is 29.4 Å². The van der Waals surface area contributed by atoms with E-state index < -0.39 is 23.0 Å². The summed E-state index contributed by atoms with van der Waals surface area (Å²) in [7, 11) is 3.11. The number of hydrogen-bond acceptors (Lipinski definition) is 5. The Morgan fingerprint density at radius 2 is 1.96 bits per heavy atom. The van der Waals surface area contributed by atoms with Crippen LogP contribution in [0.25, 0.3) is 22.6 Å². The Bertz CT molecular complexity index is 959. The number of aromatic nitrogens is 4. The van der Waals surface area contributed by atoms with Crippen LogP contribution in [0.4, 0.5) is 13.2 Å². The van der Waals surface area contributed by atoms with Crippen molar-refractivity contribution in [3.8, 4) is 17.3 Å². The van der Waals surface area contributed by atoms with E-state index in [0.717, 1.165) is 12.3 Å². The van der Waals surface area contributed by atoms with Crippen molar-refractivity contribution in [3.05, 3.63) is 30.2 Å². The highest BCUT2D eigenvalue weighted by Crippen LogP contribution is 2.33. The van der Waals surface area contributed by atoms with Crippen LogP contribution in [0.3, 0.4) is 0 Å². The third kappa shape index (κ3) is 3.21. The van der Waals surface area contributed by atoms with E-state index >= 15 is 0 Å². The molecule has 26 heavy (non-hydrogen) atoms. The Balaban J connectivity index is 2.21. The molecule has 3 aromatic heterocycles. The fourth-order valence-corrected chi connectivity index (χ4v) is 3.41.